The molecule has 0 N–H and O–H groups in total. The van der Waals surface area contributed by atoms with E-state index in [1.807, 2.05) is 0 Å². The monoisotopic (exact) mass is 378 g/mol. The maximum Gasteiger partial charge on any atom is 0.249 e. The molecule has 1 aromatic rings. The number of hydrogen-bond acceptors (Lipinski definition) is 3. The lowest BCUT2D eigenvalue weighted by Gasteiger charge is -2.23. The number of carbonyl (C=O) groups is 2. The summed E-state index contributed by atoms with van der Waals surface area (Å²) < 4.78 is 19.4. The van der Waals surface area contributed by atoms with Crippen molar-refractivity contribution in [2.45, 2.75) is 25.4 Å². The zero-order valence-corrected chi connectivity index (χ0v) is 15.1. The highest BCUT2D eigenvalue weighted by Crippen LogP contribution is 2.28. The minimum Gasteiger partial charge on any atom is -0.368 e. The number of hydrogen-bond donors (Lipinski definition) is 0. The zero-order valence-electron chi connectivity index (χ0n) is 14.3. The van der Waals surface area contributed by atoms with Crippen molar-refractivity contribution in [1.29, 1.82) is 0 Å². The van der Waals surface area contributed by atoms with Gasteiger partial charge in [0.05, 0.1) is 12.5 Å². The van der Waals surface area contributed by atoms with E-state index in [0.717, 1.165) is 24.0 Å². The van der Waals surface area contributed by atoms with Crippen LogP contribution in [0.3, 0.4) is 0 Å². The molecule has 1 aliphatic carbocycles. The Morgan fingerprint density at radius 1 is 1.08 bits per heavy atom. The number of benzene rings is 1. The van der Waals surface area contributed by atoms with E-state index in [2.05, 4.69) is 0 Å². The zero-order chi connectivity index (χ0) is 18.3. The van der Waals surface area contributed by atoms with E-state index < -0.39 is 5.82 Å². The molecule has 4 rings (SSSR count). The van der Waals surface area contributed by atoms with Gasteiger partial charge in [0.15, 0.2) is 0 Å². The molecule has 0 unspecified atom stereocenters. The summed E-state index contributed by atoms with van der Waals surface area (Å²) in [5.74, 6) is -0.610. The van der Waals surface area contributed by atoms with Gasteiger partial charge in [-0.15, -0.1) is 0 Å². The third-order valence-electron chi connectivity index (χ3n) is 5.09. The number of halogens is 2. The first-order valence-corrected chi connectivity index (χ1v) is 9.19. The van der Waals surface area contributed by atoms with Crippen LogP contribution in [0.25, 0.3) is 0 Å². The lowest BCUT2D eigenvalue weighted by Crippen LogP contribution is -2.38. The van der Waals surface area contributed by atoms with Crippen molar-refractivity contribution in [2.75, 3.05) is 32.8 Å². The Bertz CT molecular complexity index is 753. The van der Waals surface area contributed by atoms with Crippen molar-refractivity contribution in [3.05, 3.63) is 45.7 Å². The minimum atomic E-state index is -0.460. The molecule has 26 heavy (non-hydrogen) atoms. The molecular formula is C19H20ClFN2O3. The Morgan fingerprint density at radius 3 is 2.27 bits per heavy atom. The van der Waals surface area contributed by atoms with E-state index in [-0.39, 0.29) is 41.5 Å². The lowest BCUT2D eigenvalue weighted by molar-refractivity contribution is -0.135. The molecule has 0 aromatic heterocycles. The maximum absolute atomic E-state index is 13.9. The van der Waals surface area contributed by atoms with Crippen molar-refractivity contribution in [1.82, 2.24) is 9.80 Å². The predicted molar refractivity (Wildman–Crippen MR) is 94.3 cm³/mol. The van der Waals surface area contributed by atoms with E-state index in [1.165, 1.54) is 12.1 Å². The van der Waals surface area contributed by atoms with E-state index in [9.17, 15) is 14.0 Å². The Labute approximate surface area is 156 Å². The van der Waals surface area contributed by atoms with E-state index in [0.29, 0.717) is 26.2 Å². The van der Waals surface area contributed by atoms with Crippen LogP contribution in [0.1, 0.15) is 18.4 Å². The molecule has 2 amide bonds. The molecular weight excluding hydrogens is 359 g/mol. The fraction of sp³-hybridized carbons (Fsp3) is 0.474. The number of nitrogens with zero attached hydrogens (tertiary/aromatic N) is 2. The van der Waals surface area contributed by atoms with E-state index in [4.69, 9.17) is 16.3 Å². The van der Waals surface area contributed by atoms with E-state index >= 15 is 0 Å². The topological polar surface area (TPSA) is 49.9 Å². The summed E-state index contributed by atoms with van der Waals surface area (Å²) in [6.07, 6.45) is 2.31. The van der Waals surface area contributed by atoms with Crippen LogP contribution in [0.5, 0.6) is 0 Å². The van der Waals surface area contributed by atoms with Gasteiger partial charge in [-0.05, 0) is 36.1 Å². The average Bonchev–Trinajstić information content (AvgIpc) is 3.22. The third kappa shape index (κ3) is 3.62. The second-order valence-electron chi connectivity index (χ2n) is 7.09. The van der Waals surface area contributed by atoms with Gasteiger partial charge in [-0.25, -0.2) is 4.39 Å². The molecule has 1 fully saturated rings. The van der Waals surface area contributed by atoms with Crippen LogP contribution in [0.4, 0.5) is 4.39 Å². The summed E-state index contributed by atoms with van der Waals surface area (Å²) in [7, 11) is 0. The molecule has 1 aromatic carbocycles. The van der Waals surface area contributed by atoms with Crippen LogP contribution in [0, 0.1) is 5.82 Å². The Hall–Kier alpha value is -1.92. The molecule has 0 saturated heterocycles. The molecule has 2 aliphatic heterocycles. The number of ether oxygens (including phenoxy) is 1. The summed E-state index contributed by atoms with van der Waals surface area (Å²) in [5, 5.41) is 0.269. The van der Waals surface area contributed by atoms with Crippen LogP contribution in [0.2, 0.25) is 5.02 Å². The van der Waals surface area contributed by atoms with Gasteiger partial charge in [-0.1, -0.05) is 17.7 Å². The van der Waals surface area contributed by atoms with Gasteiger partial charge in [0.2, 0.25) is 11.8 Å². The summed E-state index contributed by atoms with van der Waals surface area (Å²) in [6, 6.07) is 4.42. The fourth-order valence-corrected chi connectivity index (χ4v) is 3.64. The van der Waals surface area contributed by atoms with Crippen molar-refractivity contribution in [3.8, 4) is 0 Å². The van der Waals surface area contributed by atoms with Gasteiger partial charge < -0.3 is 14.5 Å². The molecule has 0 atom stereocenters. The Morgan fingerprint density at radius 2 is 1.69 bits per heavy atom. The smallest absolute Gasteiger partial charge is 0.249 e. The number of carbonyl (C=O) groups excluding carboxylic acids is 2. The van der Waals surface area contributed by atoms with Gasteiger partial charge >= 0.3 is 0 Å². The molecule has 138 valence electrons. The first-order valence-electron chi connectivity index (χ1n) is 8.81. The van der Waals surface area contributed by atoms with Gasteiger partial charge in [0, 0.05) is 36.8 Å². The van der Waals surface area contributed by atoms with Gasteiger partial charge in [0.1, 0.15) is 12.4 Å². The fourth-order valence-electron chi connectivity index (χ4n) is 3.41. The highest BCUT2D eigenvalue weighted by molar-refractivity contribution is 6.31. The maximum atomic E-state index is 13.9. The first-order chi connectivity index (χ1) is 12.5. The quantitative estimate of drug-likeness (QED) is 0.738. The molecule has 7 heteroatoms. The summed E-state index contributed by atoms with van der Waals surface area (Å²) in [5.41, 5.74) is 2.45. The molecule has 3 aliphatic rings. The normalized spacial score (nSPS) is 19.3. The second kappa shape index (κ2) is 7.00. The van der Waals surface area contributed by atoms with Crippen molar-refractivity contribution >= 4 is 23.4 Å². The van der Waals surface area contributed by atoms with Crippen molar-refractivity contribution < 1.29 is 18.7 Å². The van der Waals surface area contributed by atoms with Crippen LogP contribution in [0.15, 0.2) is 29.3 Å². The van der Waals surface area contributed by atoms with Crippen LogP contribution in [-0.4, -0.2) is 60.5 Å². The summed E-state index contributed by atoms with van der Waals surface area (Å²) in [4.78, 5) is 28.2. The van der Waals surface area contributed by atoms with Crippen molar-refractivity contribution in [3.63, 3.8) is 0 Å². The second-order valence-corrected chi connectivity index (χ2v) is 7.50. The average molecular weight is 379 g/mol. The molecule has 2 heterocycles. The molecule has 0 bridgehead atoms. The van der Waals surface area contributed by atoms with Crippen LogP contribution in [-0.2, 0) is 20.7 Å². The van der Waals surface area contributed by atoms with Crippen LogP contribution >= 0.6 is 11.6 Å². The molecule has 1 saturated carbocycles. The highest BCUT2D eigenvalue weighted by Gasteiger charge is 2.34. The third-order valence-corrected chi connectivity index (χ3v) is 5.44. The Kier molecular flexibility index (Phi) is 4.71. The van der Waals surface area contributed by atoms with Crippen molar-refractivity contribution in [2.24, 2.45) is 0 Å². The SMILES string of the molecule is O=C(COC1CC1)N1CC2=C(C1)CN(C(=O)Cc1c(F)cccc1Cl)C2. The highest BCUT2D eigenvalue weighted by atomic mass is 35.5. The van der Waals surface area contributed by atoms with Gasteiger partial charge in [0.25, 0.3) is 0 Å². The van der Waals surface area contributed by atoms with Crippen LogP contribution < -0.4 is 0 Å². The largest absolute Gasteiger partial charge is 0.368 e. The predicted octanol–water partition coefficient (Wildman–Crippen LogP) is 2.18. The summed E-state index contributed by atoms with van der Waals surface area (Å²) in [6.45, 7) is 2.22. The van der Waals surface area contributed by atoms with Gasteiger partial charge in [-0.3, -0.25) is 9.59 Å². The Balaban J connectivity index is 1.30. The van der Waals surface area contributed by atoms with Gasteiger partial charge in [-0.2, -0.15) is 0 Å². The minimum absolute atomic E-state index is 0.00214. The van der Waals surface area contributed by atoms with E-state index in [1.54, 1.807) is 15.9 Å². The lowest BCUT2D eigenvalue weighted by atomic mass is 10.1. The number of rotatable bonds is 5. The standard InChI is InChI=1S/C19H20ClFN2O3/c20-16-2-1-3-17(21)15(16)6-18(24)22-7-12-9-23(10-13(12)8-22)19(25)11-26-14-4-5-14/h1-3,14H,4-11H2. The summed E-state index contributed by atoms with van der Waals surface area (Å²) >= 11 is 6.01. The number of amides is 2. The molecule has 0 spiro atoms. The first kappa shape index (κ1) is 17.5. The molecule has 0 radical (unpaired) electrons. The molecule has 5 nitrogen and oxygen atoms in total.